The van der Waals surface area contributed by atoms with E-state index in [1.165, 1.54) is 12.4 Å². The maximum atomic E-state index is 13.8. The maximum Gasteiger partial charge on any atom is 0.164 e. The minimum absolute atomic E-state index is 0.392. The van der Waals surface area contributed by atoms with Gasteiger partial charge in [0.05, 0.1) is 6.04 Å². The van der Waals surface area contributed by atoms with Gasteiger partial charge < -0.3 is 25.3 Å². The van der Waals surface area contributed by atoms with E-state index in [9.17, 15) is 14.6 Å². The fourth-order valence-electron chi connectivity index (χ4n) is 3.23. The number of nitrogens with two attached hydrogens (primary N) is 1. The Kier molecular flexibility index (Phi) is 4.65. The zero-order chi connectivity index (χ0) is 18.4. The first-order chi connectivity index (χ1) is 12.5. The second-order valence-corrected chi connectivity index (χ2v) is 7.36. The van der Waals surface area contributed by atoms with Gasteiger partial charge in [0.2, 0.25) is 0 Å². The summed E-state index contributed by atoms with van der Waals surface area (Å²) in [5, 5.41) is 21.7. The standard InChI is InChI=1S/C17H16FIN4O3/c18-10-5-8(1-2-11(10)19)12(20)15-13(24)14(25)17(26-15)23-4-3-9-6-21-7-22-16(9)23/h1-7,12-15,17,24-25H,20H2/t12-,13+,14-,15-,17-/m1/s1. The number of ether oxygens (including phenoxy) is 1. The lowest BCUT2D eigenvalue weighted by Crippen LogP contribution is -2.38. The van der Waals surface area contributed by atoms with Crippen molar-refractivity contribution in [2.24, 2.45) is 5.73 Å². The molecule has 1 aromatic carbocycles. The van der Waals surface area contributed by atoms with Crippen LogP contribution in [-0.4, -0.2) is 43.1 Å². The molecule has 5 atom stereocenters. The predicted octanol–water partition coefficient (Wildman–Crippen LogP) is 1.49. The molecule has 26 heavy (non-hydrogen) atoms. The van der Waals surface area contributed by atoms with Crippen LogP contribution in [-0.2, 0) is 4.74 Å². The molecule has 4 N–H and O–H groups in total. The topological polar surface area (TPSA) is 106 Å². The lowest BCUT2D eigenvalue weighted by molar-refractivity contribution is -0.0422. The van der Waals surface area contributed by atoms with Gasteiger partial charge in [-0.3, -0.25) is 0 Å². The molecule has 136 valence electrons. The molecule has 4 rings (SSSR count). The molecule has 1 aliphatic heterocycles. The molecule has 9 heteroatoms. The van der Waals surface area contributed by atoms with Crippen molar-refractivity contribution in [3.63, 3.8) is 0 Å². The minimum atomic E-state index is -1.23. The van der Waals surface area contributed by atoms with Crippen LogP contribution in [0.5, 0.6) is 0 Å². The molecular weight excluding hydrogens is 454 g/mol. The molecule has 3 aromatic rings. The normalized spacial score (nSPS) is 27.1. The van der Waals surface area contributed by atoms with Crippen molar-refractivity contribution >= 4 is 33.6 Å². The number of nitrogens with zero attached hydrogens (tertiary/aromatic N) is 3. The largest absolute Gasteiger partial charge is 0.387 e. The highest BCUT2D eigenvalue weighted by Gasteiger charge is 2.46. The molecule has 0 unspecified atom stereocenters. The first-order valence-electron chi connectivity index (χ1n) is 7.96. The summed E-state index contributed by atoms with van der Waals surface area (Å²) in [4.78, 5) is 8.14. The Labute approximate surface area is 161 Å². The third-order valence-corrected chi connectivity index (χ3v) is 5.48. The highest BCUT2D eigenvalue weighted by molar-refractivity contribution is 14.1. The van der Waals surface area contributed by atoms with Crippen LogP contribution in [0.2, 0.25) is 0 Å². The molecular formula is C17H16FIN4O3. The third-order valence-electron chi connectivity index (χ3n) is 4.61. The van der Waals surface area contributed by atoms with Gasteiger partial charge in [-0.15, -0.1) is 0 Å². The number of aromatic nitrogens is 3. The van der Waals surface area contributed by atoms with Crippen LogP contribution in [0.15, 0.2) is 43.0 Å². The van der Waals surface area contributed by atoms with Crippen molar-refractivity contribution in [2.45, 2.75) is 30.6 Å². The second-order valence-electron chi connectivity index (χ2n) is 6.20. The van der Waals surface area contributed by atoms with Crippen molar-refractivity contribution < 1.29 is 19.3 Å². The Morgan fingerprint density at radius 3 is 2.85 bits per heavy atom. The van der Waals surface area contributed by atoms with Gasteiger partial charge in [-0.2, -0.15) is 0 Å². The molecule has 0 amide bonds. The molecule has 0 bridgehead atoms. The van der Waals surface area contributed by atoms with E-state index >= 15 is 0 Å². The molecule has 1 saturated heterocycles. The van der Waals surface area contributed by atoms with Gasteiger partial charge in [-0.05, 0) is 46.4 Å². The summed E-state index contributed by atoms with van der Waals surface area (Å²) in [6, 6.07) is 5.60. The third kappa shape index (κ3) is 2.89. The Hall–Kier alpha value is -1.66. The molecule has 0 spiro atoms. The van der Waals surface area contributed by atoms with Crippen molar-refractivity contribution in [3.05, 3.63) is 57.9 Å². The number of benzene rings is 1. The highest BCUT2D eigenvalue weighted by Crippen LogP contribution is 2.36. The van der Waals surface area contributed by atoms with Crippen LogP contribution in [0.1, 0.15) is 17.8 Å². The Bertz CT molecular complexity index is 953. The molecule has 0 saturated carbocycles. The van der Waals surface area contributed by atoms with Crippen LogP contribution in [0, 0.1) is 9.39 Å². The van der Waals surface area contributed by atoms with E-state index in [1.807, 2.05) is 22.6 Å². The van der Waals surface area contributed by atoms with E-state index in [-0.39, 0.29) is 0 Å². The first kappa shape index (κ1) is 17.7. The van der Waals surface area contributed by atoms with Gasteiger partial charge in [0.1, 0.15) is 36.1 Å². The van der Waals surface area contributed by atoms with Gasteiger partial charge in [-0.25, -0.2) is 14.4 Å². The average Bonchev–Trinajstić information content (AvgIpc) is 3.19. The number of fused-ring (bicyclic) bond motifs is 1. The van der Waals surface area contributed by atoms with Crippen LogP contribution in [0.25, 0.3) is 11.0 Å². The van der Waals surface area contributed by atoms with Crippen LogP contribution in [0.4, 0.5) is 4.39 Å². The SMILES string of the molecule is N[C@H](c1ccc(I)c(F)c1)[C@H]1O[C@@H](n2ccc3cncnc32)[C@H](O)[C@@H]1O. The summed E-state index contributed by atoms with van der Waals surface area (Å²) in [5.74, 6) is -0.392. The van der Waals surface area contributed by atoms with E-state index in [0.29, 0.717) is 14.8 Å². The Balaban J connectivity index is 1.64. The van der Waals surface area contributed by atoms with Crippen molar-refractivity contribution in [1.29, 1.82) is 0 Å². The van der Waals surface area contributed by atoms with E-state index < -0.39 is 36.4 Å². The van der Waals surface area contributed by atoms with Gasteiger partial charge in [0.15, 0.2) is 6.23 Å². The first-order valence-corrected chi connectivity index (χ1v) is 9.04. The smallest absolute Gasteiger partial charge is 0.164 e. The fourth-order valence-corrected chi connectivity index (χ4v) is 3.56. The molecule has 1 aliphatic rings. The summed E-state index contributed by atoms with van der Waals surface area (Å²) >= 11 is 1.89. The summed E-state index contributed by atoms with van der Waals surface area (Å²) in [6.07, 6.45) is 0.568. The van der Waals surface area contributed by atoms with E-state index in [0.717, 1.165) is 5.39 Å². The summed E-state index contributed by atoms with van der Waals surface area (Å²) < 4.78 is 21.8. The molecule has 7 nitrogen and oxygen atoms in total. The van der Waals surface area contributed by atoms with Gasteiger partial charge in [-0.1, -0.05) is 6.07 Å². The number of hydrogen-bond donors (Lipinski definition) is 3. The summed E-state index contributed by atoms with van der Waals surface area (Å²) in [5.41, 5.74) is 7.26. The summed E-state index contributed by atoms with van der Waals surface area (Å²) in [7, 11) is 0. The Morgan fingerprint density at radius 1 is 1.27 bits per heavy atom. The van der Waals surface area contributed by atoms with Crippen LogP contribution in [0.3, 0.4) is 0 Å². The molecule has 3 heterocycles. The zero-order valence-corrected chi connectivity index (χ0v) is 15.6. The average molecular weight is 470 g/mol. The Morgan fingerprint density at radius 2 is 2.08 bits per heavy atom. The van der Waals surface area contributed by atoms with Crippen molar-refractivity contribution in [2.75, 3.05) is 0 Å². The molecule has 2 aromatic heterocycles. The number of aliphatic hydroxyl groups excluding tert-OH is 2. The minimum Gasteiger partial charge on any atom is -0.387 e. The number of rotatable bonds is 3. The van der Waals surface area contributed by atoms with Gasteiger partial charge in [0.25, 0.3) is 0 Å². The molecule has 1 fully saturated rings. The molecule has 0 radical (unpaired) electrons. The van der Waals surface area contributed by atoms with Crippen LogP contribution < -0.4 is 5.73 Å². The van der Waals surface area contributed by atoms with E-state index in [2.05, 4.69) is 9.97 Å². The number of hydrogen-bond acceptors (Lipinski definition) is 6. The quantitative estimate of drug-likeness (QED) is 0.501. The maximum absolute atomic E-state index is 13.8. The van der Waals surface area contributed by atoms with Crippen LogP contribution >= 0.6 is 22.6 Å². The fraction of sp³-hybridized carbons (Fsp3) is 0.294. The number of aliphatic hydroxyl groups is 2. The van der Waals surface area contributed by atoms with E-state index in [4.69, 9.17) is 10.5 Å². The lowest BCUT2D eigenvalue weighted by atomic mass is 9.97. The van der Waals surface area contributed by atoms with E-state index in [1.54, 1.807) is 35.2 Å². The monoisotopic (exact) mass is 470 g/mol. The van der Waals surface area contributed by atoms with Gasteiger partial charge in [0, 0.05) is 21.4 Å². The molecule has 0 aliphatic carbocycles. The zero-order valence-electron chi connectivity index (χ0n) is 13.4. The van der Waals surface area contributed by atoms with Gasteiger partial charge >= 0.3 is 0 Å². The predicted molar refractivity (Wildman–Crippen MR) is 99.5 cm³/mol. The van der Waals surface area contributed by atoms with Crippen molar-refractivity contribution in [1.82, 2.24) is 14.5 Å². The van der Waals surface area contributed by atoms with Crippen molar-refractivity contribution in [3.8, 4) is 0 Å². The highest BCUT2D eigenvalue weighted by atomic mass is 127. The second kappa shape index (κ2) is 6.82. The lowest BCUT2D eigenvalue weighted by Gasteiger charge is -2.22. The number of halogens is 2. The summed E-state index contributed by atoms with van der Waals surface area (Å²) in [6.45, 7) is 0.